The standard InChI is InChI=1S/C11H21NO3/c1-8-5-6-9(15-8)7-14-10(13)12-11(2,3)4/h8-9H,5-7H2,1-4H3,(H,12,13). The van der Waals surface area contributed by atoms with Crippen LogP contribution in [0.3, 0.4) is 0 Å². The van der Waals surface area contributed by atoms with Crippen LogP contribution in [-0.4, -0.2) is 30.4 Å². The molecule has 0 aromatic rings. The van der Waals surface area contributed by atoms with E-state index in [2.05, 4.69) is 5.32 Å². The Labute approximate surface area is 91.3 Å². The molecule has 1 aliphatic rings. The molecule has 1 aliphatic heterocycles. The van der Waals surface area contributed by atoms with Crippen molar-refractivity contribution in [3.05, 3.63) is 0 Å². The van der Waals surface area contributed by atoms with Gasteiger partial charge in [-0.1, -0.05) is 0 Å². The number of nitrogens with one attached hydrogen (secondary N) is 1. The van der Waals surface area contributed by atoms with E-state index in [0.717, 1.165) is 12.8 Å². The lowest BCUT2D eigenvalue weighted by Crippen LogP contribution is -2.41. The molecule has 0 aliphatic carbocycles. The van der Waals surface area contributed by atoms with E-state index < -0.39 is 0 Å². The van der Waals surface area contributed by atoms with Crippen LogP contribution in [0.1, 0.15) is 40.5 Å². The van der Waals surface area contributed by atoms with Gasteiger partial charge in [0, 0.05) is 5.54 Å². The first-order chi connectivity index (χ1) is 6.87. The summed E-state index contributed by atoms with van der Waals surface area (Å²) in [4.78, 5) is 11.3. The maximum Gasteiger partial charge on any atom is 0.407 e. The number of hydrogen-bond acceptors (Lipinski definition) is 3. The van der Waals surface area contributed by atoms with Gasteiger partial charge in [-0.2, -0.15) is 0 Å². The van der Waals surface area contributed by atoms with Crippen molar-refractivity contribution in [2.24, 2.45) is 0 Å². The van der Waals surface area contributed by atoms with Crippen LogP contribution >= 0.6 is 0 Å². The van der Waals surface area contributed by atoms with E-state index in [1.54, 1.807) is 0 Å². The van der Waals surface area contributed by atoms with Crippen LogP contribution in [-0.2, 0) is 9.47 Å². The quantitative estimate of drug-likeness (QED) is 0.767. The third-order valence-corrected chi connectivity index (χ3v) is 2.20. The summed E-state index contributed by atoms with van der Waals surface area (Å²) < 4.78 is 10.6. The van der Waals surface area contributed by atoms with Crippen LogP contribution < -0.4 is 5.32 Å². The SMILES string of the molecule is CC1CCC(COC(=O)NC(C)(C)C)O1. The number of carbonyl (C=O) groups excluding carboxylic acids is 1. The molecule has 1 rings (SSSR count). The Bertz CT molecular complexity index is 222. The Kier molecular flexibility index (Phi) is 3.97. The highest BCUT2D eigenvalue weighted by Gasteiger charge is 2.23. The van der Waals surface area contributed by atoms with E-state index in [4.69, 9.17) is 9.47 Å². The first-order valence-corrected chi connectivity index (χ1v) is 5.47. The Morgan fingerprint density at radius 2 is 2.13 bits per heavy atom. The summed E-state index contributed by atoms with van der Waals surface area (Å²) in [6.45, 7) is 8.15. The first-order valence-electron chi connectivity index (χ1n) is 5.47. The third kappa shape index (κ3) is 5.02. The molecule has 15 heavy (non-hydrogen) atoms. The molecule has 0 aromatic heterocycles. The maximum atomic E-state index is 11.3. The van der Waals surface area contributed by atoms with Crippen molar-refractivity contribution < 1.29 is 14.3 Å². The number of carbonyl (C=O) groups is 1. The number of hydrogen-bond donors (Lipinski definition) is 1. The Morgan fingerprint density at radius 3 is 2.60 bits per heavy atom. The molecule has 4 nitrogen and oxygen atoms in total. The molecule has 2 atom stereocenters. The average molecular weight is 215 g/mol. The van der Waals surface area contributed by atoms with Crippen LogP contribution in [0.2, 0.25) is 0 Å². The lowest BCUT2D eigenvalue weighted by atomic mass is 10.1. The van der Waals surface area contributed by atoms with Gasteiger partial charge in [0.25, 0.3) is 0 Å². The molecule has 2 unspecified atom stereocenters. The molecule has 0 radical (unpaired) electrons. The summed E-state index contributed by atoms with van der Waals surface area (Å²) in [6.07, 6.45) is 2.03. The second kappa shape index (κ2) is 4.84. The summed E-state index contributed by atoms with van der Waals surface area (Å²) in [5, 5.41) is 2.74. The molecule has 1 N–H and O–H groups in total. The highest BCUT2D eigenvalue weighted by Crippen LogP contribution is 2.19. The van der Waals surface area contributed by atoms with Crippen LogP contribution in [0.4, 0.5) is 4.79 Å². The van der Waals surface area contributed by atoms with Gasteiger partial charge in [-0.25, -0.2) is 4.79 Å². The maximum absolute atomic E-state index is 11.3. The Balaban J connectivity index is 2.17. The molecular weight excluding hydrogens is 194 g/mol. The lowest BCUT2D eigenvalue weighted by molar-refractivity contribution is 0.0105. The van der Waals surface area contributed by atoms with Gasteiger partial charge < -0.3 is 14.8 Å². The Morgan fingerprint density at radius 1 is 1.47 bits per heavy atom. The Hall–Kier alpha value is -0.770. The van der Waals surface area contributed by atoms with E-state index in [-0.39, 0.29) is 17.7 Å². The van der Waals surface area contributed by atoms with E-state index in [1.807, 2.05) is 27.7 Å². The van der Waals surface area contributed by atoms with Gasteiger partial charge in [0.2, 0.25) is 0 Å². The summed E-state index contributed by atoms with van der Waals surface area (Å²) in [7, 11) is 0. The largest absolute Gasteiger partial charge is 0.447 e. The van der Waals surface area contributed by atoms with Gasteiger partial charge in [0.05, 0.1) is 12.2 Å². The number of alkyl carbamates (subject to hydrolysis) is 1. The number of amides is 1. The topological polar surface area (TPSA) is 47.6 Å². The minimum absolute atomic E-state index is 0.0747. The second-order valence-corrected chi connectivity index (χ2v) is 5.12. The van der Waals surface area contributed by atoms with Crippen molar-refractivity contribution in [1.29, 1.82) is 0 Å². The van der Waals surface area contributed by atoms with Crippen LogP contribution in [0.25, 0.3) is 0 Å². The zero-order valence-corrected chi connectivity index (χ0v) is 10.0. The van der Waals surface area contributed by atoms with Gasteiger partial charge in [0.15, 0.2) is 0 Å². The van der Waals surface area contributed by atoms with E-state index in [0.29, 0.717) is 12.7 Å². The van der Waals surface area contributed by atoms with Crippen molar-refractivity contribution in [3.63, 3.8) is 0 Å². The minimum Gasteiger partial charge on any atom is -0.447 e. The normalized spacial score (nSPS) is 26.4. The van der Waals surface area contributed by atoms with E-state index in [1.165, 1.54) is 0 Å². The highest BCUT2D eigenvalue weighted by molar-refractivity contribution is 5.68. The van der Waals surface area contributed by atoms with Gasteiger partial charge >= 0.3 is 6.09 Å². The van der Waals surface area contributed by atoms with Crippen LogP contribution in [0.15, 0.2) is 0 Å². The highest BCUT2D eigenvalue weighted by atomic mass is 16.6. The fourth-order valence-electron chi connectivity index (χ4n) is 1.52. The number of rotatable bonds is 2. The first kappa shape index (κ1) is 12.3. The van der Waals surface area contributed by atoms with Crippen molar-refractivity contribution in [2.45, 2.75) is 58.3 Å². The molecule has 0 saturated carbocycles. The van der Waals surface area contributed by atoms with E-state index in [9.17, 15) is 4.79 Å². The second-order valence-electron chi connectivity index (χ2n) is 5.12. The molecule has 1 heterocycles. The van der Waals surface area contributed by atoms with Gasteiger partial charge in [-0.05, 0) is 40.5 Å². The predicted molar refractivity (Wildman–Crippen MR) is 57.8 cm³/mol. The molecular formula is C11H21NO3. The molecule has 88 valence electrons. The minimum atomic E-state index is -0.370. The third-order valence-electron chi connectivity index (χ3n) is 2.20. The molecule has 1 amide bonds. The van der Waals surface area contributed by atoms with Crippen molar-refractivity contribution in [3.8, 4) is 0 Å². The van der Waals surface area contributed by atoms with Crippen molar-refractivity contribution in [1.82, 2.24) is 5.32 Å². The lowest BCUT2D eigenvalue weighted by Gasteiger charge is -2.20. The molecule has 1 saturated heterocycles. The zero-order chi connectivity index (χ0) is 11.5. The summed E-state index contributed by atoms with van der Waals surface area (Å²) in [5.41, 5.74) is -0.249. The van der Waals surface area contributed by atoms with Gasteiger partial charge in [-0.3, -0.25) is 0 Å². The van der Waals surface area contributed by atoms with Gasteiger partial charge in [0.1, 0.15) is 6.61 Å². The van der Waals surface area contributed by atoms with Crippen molar-refractivity contribution in [2.75, 3.05) is 6.61 Å². The van der Waals surface area contributed by atoms with E-state index >= 15 is 0 Å². The monoisotopic (exact) mass is 215 g/mol. The van der Waals surface area contributed by atoms with Gasteiger partial charge in [-0.15, -0.1) is 0 Å². The molecule has 4 heteroatoms. The fourth-order valence-corrected chi connectivity index (χ4v) is 1.52. The van der Waals surface area contributed by atoms with Crippen LogP contribution in [0, 0.1) is 0 Å². The van der Waals surface area contributed by atoms with Crippen LogP contribution in [0.5, 0.6) is 0 Å². The molecule has 1 fully saturated rings. The molecule has 0 aromatic carbocycles. The summed E-state index contributed by atoms with van der Waals surface area (Å²) in [5.74, 6) is 0. The average Bonchev–Trinajstić information content (AvgIpc) is 2.45. The molecule has 0 spiro atoms. The summed E-state index contributed by atoms with van der Waals surface area (Å²) in [6, 6.07) is 0. The smallest absolute Gasteiger partial charge is 0.407 e. The fraction of sp³-hybridized carbons (Fsp3) is 0.909. The number of ether oxygens (including phenoxy) is 2. The molecule has 0 bridgehead atoms. The summed E-state index contributed by atoms with van der Waals surface area (Å²) >= 11 is 0. The predicted octanol–water partition coefficient (Wildman–Crippen LogP) is 2.08. The zero-order valence-electron chi connectivity index (χ0n) is 10.0. The van der Waals surface area contributed by atoms with Crippen molar-refractivity contribution >= 4 is 6.09 Å².